The summed E-state index contributed by atoms with van der Waals surface area (Å²) in [5, 5.41) is 9.46. The van der Waals surface area contributed by atoms with Gasteiger partial charge >= 0.3 is 0 Å². The topological polar surface area (TPSA) is 54.4 Å². The second kappa shape index (κ2) is 5.51. The number of carbonyl (C=O) groups excluding carboxylic acids is 2. The molecule has 2 fully saturated rings. The second-order valence-corrected chi connectivity index (χ2v) is 9.04. The SMILES string of the molecule is C[C@]12C=CC(=O)C=C1CC[C@@H]1C2=CC[C@@]2(C)[C@H]1C[C@@H]([14CH3])[C@@H]2C(=O)CO. The van der Waals surface area contributed by atoms with Crippen molar-refractivity contribution in [1.29, 1.82) is 0 Å². The van der Waals surface area contributed by atoms with Gasteiger partial charge in [-0.15, -0.1) is 0 Å². The predicted molar refractivity (Wildman–Crippen MR) is 96.7 cm³/mol. The van der Waals surface area contributed by atoms with Crippen LogP contribution in [0.2, 0.25) is 0 Å². The van der Waals surface area contributed by atoms with Gasteiger partial charge in [-0.25, -0.2) is 0 Å². The lowest BCUT2D eigenvalue weighted by atomic mass is 9.52. The molecule has 4 aliphatic carbocycles. The normalized spacial score (nSPS) is 45.2. The Hall–Kier alpha value is -1.48. The maximum atomic E-state index is 12.4. The fourth-order valence-corrected chi connectivity index (χ4v) is 6.67. The predicted octanol–water partition coefficient (Wildman–Crippen LogP) is 3.64. The van der Waals surface area contributed by atoms with Crippen molar-refractivity contribution in [2.45, 2.75) is 46.5 Å². The largest absolute Gasteiger partial charge is 0.389 e. The van der Waals surface area contributed by atoms with Gasteiger partial charge in [0.05, 0.1) is 0 Å². The van der Waals surface area contributed by atoms with Gasteiger partial charge in [-0.05, 0) is 67.9 Å². The Bertz CT molecular complexity index is 728. The maximum absolute atomic E-state index is 12.4. The molecule has 3 heteroatoms. The minimum absolute atomic E-state index is 0.0140. The zero-order valence-electron chi connectivity index (χ0n) is 15.4. The van der Waals surface area contributed by atoms with E-state index in [0.717, 1.165) is 25.7 Å². The monoisotopic (exact) mass is 342 g/mol. The Kier molecular flexibility index (Phi) is 3.74. The Morgan fingerprint density at radius 3 is 2.88 bits per heavy atom. The molecule has 0 spiro atoms. The lowest BCUT2D eigenvalue weighted by molar-refractivity contribution is -0.131. The lowest BCUT2D eigenvalue weighted by Crippen LogP contribution is -2.45. The minimum Gasteiger partial charge on any atom is -0.389 e. The van der Waals surface area contributed by atoms with E-state index in [4.69, 9.17) is 0 Å². The fourth-order valence-electron chi connectivity index (χ4n) is 6.67. The van der Waals surface area contributed by atoms with E-state index in [9.17, 15) is 14.7 Å². The van der Waals surface area contributed by atoms with Crippen LogP contribution in [0.15, 0.2) is 35.5 Å². The van der Waals surface area contributed by atoms with Crippen LogP contribution in [-0.4, -0.2) is 23.3 Å². The van der Waals surface area contributed by atoms with E-state index in [1.54, 1.807) is 6.08 Å². The first kappa shape index (κ1) is 17.0. The van der Waals surface area contributed by atoms with Gasteiger partial charge in [0, 0.05) is 11.3 Å². The highest BCUT2D eigenvalue weighted by Gasteiger charge is 2.59. The Morgan fingerprint density at radius 2 is 2.16 bits per heavy atom. The molecule has 0 heterocycles. The van der Waals surface area contributed by atoms with Crippen molar-refractivity contribution >= 4 is 11.6 Å². The van der Waals surface area contributed by atoms with Gasteiger partial charge in [0.2, 0.25) is 0 Å². The highest BCUT2D eigenvalue weighted by atomic mass is 16.3. The molecule has 0 saturated heterocycles. The summed E-state index contributed by atoms with van der Waals surface area (Å²) in [6.07, 6.45) is 12.0. The van der Waals surface area contributed by atoms with Crippen molar-refractivity contribution in [1.82, 2.24) is 0 Å². The van der Waals surface area contributed by atoms with Crippen LogP contribution in [0.3, 0.4) is 0 Å². The quantitative estimate of drug-likeness (QED) is 0.780. The van der Waals surface area contributed by atoms with Crippen molar-refractivity contribution in [3.05, 3.63) is 35.5 Å². The third-order valence-electron chi connectivity index (χ3n) is 7.79. The average molecular weight is 342 g/mol. The fraction of sp³-hybridized carbons (Fsp3) is 0.636. The van der Waals surface area contributed by atoms with Crippen molar-refractivity contribution < 1.29 is 14.7 Å². The molecule has 0 amide bonds. The summed E-state index contributed by atoms with van der Waals surface area (Å²) < 4.78 is 0. The van der Waals surface area contributed by atoms with E-state index < -0.39 is 0 Å². The van der Waals surface area contributed by atoms with Crippen molar-refractivity contribution in [3.63, 3.8) is 0 Å². The summed E-state index contributed by atoms with van der Waals surface area (Å²) in [5.74, 6) is 1.39. The third kappa shape index (κ3) is 2.21. The first-order chi connectivity index (χ1) is 11.8. The molecule has 3 nitrogen and oxygen atoms in total. The van der Waals surface area contributed by atoms with Crippen LogP contribution in [0.5, 0.6) is 0 Å². The standard InChI is InChI=1S/C22H28O3/c1-13-10-18-16-5-4-14-11-15(24)6-8-21(14,2)17(16)7-9-22(18,3)20(13)19(25)12-23/h6-8,11,13,16,18,20,23H,4-5,9-10,12H2,1-3H3/t13-,16-,18+,20-,21+,22+/m1/s1/i1+2. The first-order valence-electron chi connectivity index (χ1n) is 9.59. The molecule has 4 rings (SSSR count). The van der Waals surface area contributed by atoms with E-state index in [1.807, 2.05) is 6.08 Å². The van der Waals surface area contributed by atoms with Gasteiger partial charge in [-0.1, -0.05) is 37.1 Å². The molecule has 0 radical (unpaired) electrons. The number of aliphatic hydroxyl groups is 1. The zero-order valence-corrected chi connectivity index (χ0v) is 15.4. The molecule has 2 saturated carbocycles. The summed E-state index contributed by atoms with van der Waals surface area (Å²) in [7, 11) is 0. The van der Waals surface area contributed by atoms with Gasteiger partial charge in [0.1, 0.15) is 6.61 Å². The molecule has 4 aliphatic rings. The van der Waals surface area contributed by atoms with Crippen molar-refractivity contribution in [3.8, 4) is 0 Å². The van der Waals surface area contributed by atoms with E-state index in [-0.39, 0.29) is 34.9 Å². The van der Waals surface area contributed by atoms with Gasteiger partial charge in [0.15, 0.2) is 11.6 Å². The molecule has 134 valence electrons. The van der Waals surface area contributed by atoms with Crippen LogP contribution in [0.1, 0.15) is 46.5 Å². The molecular formula is C22H28O3. The zero-order chi connectivity index (χ0) is 18.0. The number of rotatable bonds is 2. The first-order valence-corrected chi connectivity index (χ1v) is 9.59. The molecule has 6 atom stereocenters. The average Bonchev–Trinajstić information content (AvgIpc) is 2.85. The molecule has 0 aliphatic heterocycles. The van der Waals surface area contributed by atoms with E-state index in [1.165, 1.54) is 11.1 Å². The van der Waals surface area contributed by atoms with E-state index in [0.29, 0.717) is 17.8 Å². The van der Waals surface area contributed by atoms with Gasteiger partial charge in [-0.3, -0.25) is 9.59 Å². The highest BCUT2D eigenvalue weighted by Crippen LogP contribution is 2.65. The number of hydrogen-bond acceptors (Lipinski definition) is 3. The summed E-state index contributed by atoms with van der Waals surface area (Å²) in [4.78, 5) is 24.2. The summed E-state index contributed by atoms with van der Waals surface area (Å²) >= 11 is 0. The molecule has 0 aromatic rings. The Balaban J connectivity index is 1.75. The Morgan fingerprint density at radius 1 is 1.40 bits per heavy atom. The van der Waals surface area contributed by atoms with Crippen LogP contribution in [0.25, 0.3) is 0 Å². The number of fused-ring (bicyclic) bond motifs is 5. The van der Waals surface area contributed by atoms with Crippen molar-refractivity contribution in [2.24, 2.45) is 34.5 Å². The summed E-state index contributed by atoms with van der Waals surface area (Å²) in [6, 6.07) is 0. The van der Waals surface area contributed by atoms with Crippen LogP contribution in [0.4, 0.5) is 0 Å². The van der Waals surface area contributed by atoms with Crippen molar-refractivity contribution in [2.75, 3.05) is 6.61 Å². The highest BCUT2D eigenvalue weighted by molar-refractivity contribution is 6.01. The lowest BCUT2D eigenvalue weighted by Gasteiger charge is -2.52. The minimum atomic E-state index is -0.339. The molecule has 0 aromatic carbocycles. The van der Waals surface area contributed by atoms with Crippen LogP contribution < -0.4 is 0 Å². The Labute approximate surface area is 149 Å². The number of Topliss-reactive ketones (excluding diaryl/α,β-unsaturated/α-hetero) is 1. The molecule has 0 aromatic heterocycles. The molecule has 0 unspecified atom stereocenters. The molecule has 0 bridgehead atoms. The maximum Gasteiger partial charge on any atom is 0.178 e. The third-order valence-corrected chi connectivity index (χ3v) is 7.79. The van der Waals surface area contributed by atoms with E-state index >= 15 is 0 Å². The molecular weight excluding hydrogens is 314 g/mol. The van der Waals surface area contributed by atoms with E-state index in [2.05, 4.69) is 32.9 Å². The van der Waals surface area contributed by atoms with Crippen LogP contribution in [-0.2, 0) is 9.59 Å². The smallest absolute Gasteiger partial charge is 0.178 e. The number of ketones is 2. The second-order valence-electron chi connectivity index (χ2n) is 9.04. The van der Waals surface area contributed by atoms with Gasteiger partial charge < -0.3 is 5.11 Å². The van der Waals surface area contributed by atoms with Gasteiger partial charge in [-0.2, -0.15) is 0 Å². The number of hydrogen-bond donors (Lipinski definition) is 1. The molecule has 25 heavy (non-hydrogen) atoms. The number of aliphatic hydroxyl groups excluding tert-OH is 1. The van der Waals surface area contributed by atoms with Crippen LogP contribution >= 0.6 is 0 Å². The number of carbonyl (C=O) groups is 2. The molecule has 1 N–H and O–H groups in total. The van der Waals surface area contributed by atoms with Gasteiger partial charge in [0.25, 0.3) is 0 Å². The summed E-state index contributed by atoms with van der Waals surface area (Å²) in [6.45, 7) is 6.35. The number of allylic oxidation sites excluding steroid dienone is 6. The van der Waals surface area contributed by atoms with Crippen LogP contribution in [0, 0.1) is 34.5 Å². The summed E-state index contributed by atoms with van der Waals surface area (Å²) in [5.41, 5.74) is 2.54.